The lowest BCUT2D eigenvalue weighted by atomic mass is 10.1. The monoisotopic (exact) mass is 287 g/mol. The highest BCUT2D eigenvalue weighted by molar-refractivity contribution is 6.10. The third-order valence-corrected chi connectivity index (χ3v) is 2.97. The fraction of sp³-hybridized carbons (Fsp3) is 0. The third kappa shape index (κ3) is 2.60. The van der Waals surface area contributed by atoms with Gasteiger partial charge in [-0.3, -0.25) is 9.83 Å². The van der Waals surface area contributed by atoms with E-state index in [9.17, 15) is 0 Å². The Bertz CT molecular complexity index is 907. The SMILES string of the molecule is N#CC(C#N)=NNc1ccc(-c2cnc3nccn3c2)cc1. The van der Waals surface area contributed by atoms with Gasteiger partial charge in [0.15, 0.2) is 0 Å². The van der Waals surface area contributed by atoms with Crippen molar-refractivity contribution in [2.24, 2.45) is 5.10 Å². The zero-order valence-corrected chi connectivity index (χ0v) is 11.3. The van der Waals surface area contributed by atoms with Crippen LogP contribution < -0.4 is 5.43 Å². The fourth-order valence-electron chi connectivity index (χ4n) is 1.90. The molecule has 0 aliphatic heterocycles. The first-order chi connectivity index (χ1) is 10.8. The fourth-order valence-corrected chi connectivity index (χ4v) is 1.90. The molecule has 2 heterocycles. The van der Waals surface area contributed by atoms with E-state index in [-0.39, 0.29) is 5.71 Å². The maximum absolute atomic E-state index is 8.61. The molecule has 0 aliphatic rings. The molecule has 0 unspecified atom stereocenters. The van der Waals surface area contributed by atoms with E-state index in [2.05, 4.69) is 20.5 Å². The van der Waals surface area contributed by atoms with Crippen LogP contribution in [0.4, 0.5) is 5.69 Å². The van der Waals surface area contributed by atoms with Crippen LogP contribution >= 0.6 is 0 Å². The average Bonchev–Trinajstić information content (AvgIpc) is 3.04. The molecule has 0 saturated heterocycles. The van der Waals surface area contributed by atoms with Crippen molar-refractivity contribution < 1.29 is 0 Å². The van der Waals surface area contributed by atoms with Gasteiger partial charge < -0.3 is 0 Å². The molecular formula is C15H9N7. The number of aromatic nitrogens is 3. The summed E-state index contributed by atoms with van der Waals surface area (Å²) in [5, 5.41) is 20.9. The first-order valence-corrected chi connectivity index (χ1v) is 6.33. The largest absolute Gasteiger partial charge is 0.291 e. The molecular weight excluding hydrogens is 278 g/mol. The molecule has 1 N–H and O–H groups in total. The number of fused-ring (bicyclic) bond motifs is 1. The number of nitrogens with one attached hydrogen (secondary N) is 1. The van der Waals surface area contributed by atoms with Gasteiger partial charge in [0.05, 0.1) is 5.69 Å². The molecule has 104 valence electrons. The number of hydrogen-bond acceptors (Lipinski definition) is 6. The number of hydrazone groups is 1. The van der Waals surface area contributed by atoms with E-state index in [0.29, 0.717) is 11.5 Å². The number of anilines is 1. The van der Waals surface area contributed by atoms with Crippen LogP contribution in [0, 0.1) is 22.7 Å². The zero-order chi connectivity index (χ0) is 15.4. The number of rotatable bonds is 3. The van der Waals surface area contributed by atoms with Crippen molar-refractivity contribution in [3.8, 4) is 23.3 Å². The predicted octanol–water partition coefficient (Wildman–Crippen LogP) is 2.21. The van der Waals surface area contributed by atoms with E-state index >= 15 is 0 Å². The standard InChI is InChI=1S/C15H9N7/c16-7-14(8-17)21-20-13-3-1-11(2-4-13)12-9-19-15-18-5-6-22(15)10-12/h1-6,9-10,20H. The first kappa shape index (κ1) is 13.3. The molecule has 0 aliphatic carbocycles. The highest BCUT2D eigenvalue weighted by Gasteiger charge is 2.02. The Kier molecular flexibility index (Phi) is 3.46. The van der Waals surface area contributed by atoms with Gasteiger partial charge in [-0.2, -0.15) is 15.6 Å². The molecule has 0 amide bonds. The number of nitrogens with zero attached hydrogens (tertiary/aromatic N) is 6. The quantitative estimate of drug-likeness (QED) is 0.587. The van der Waals surface area contributed by atoms with Crippen molar-refractivity contribution in [3.05, 3.63) is 49.1 Å². The summed E-state index contributed by atoms with van der Waals surface area (Å²) in [6.45, 7) is 0. The highest BCUT2D eigenvalue weighted by atomic mass is 15.3. The maximum Gasteiger partial charge on any atom is 0.237 e. The van der Waals surface area contributed by atoms with Crippen LogP contribution in [0.3, 0.4) is 0 Å². The molecule has 1 aromatic carbocycles. The second kappa shape index (κ2) is 5.73. The lowest BCUT2D eigenvalue weighted by molar-refractivity contribution is 1.11. The minimum absolute atomic E-state index is 0.223. The Morgan fingerprint density at radius 1 is 1.09 bits per heavy atom. The van der Waals surface area contributed by atoms with Gasteiger partial charge in [-0.1, -0.05) is 12.1 Å². The summed E-state index contributed by atoms with van der Waals surface area (Å²) in [7, 11) is 0. The molecule has 0 radical (unpaired) electrons. The van der Waals surface area contributed by atoms with E-state index in [1.54, 1.807) is 24.5 Å². The highest BCUT2D eigenvalue weighted by Crippen LogP contribution is 2.20. The molecule has 2 aromatic heterocycles. The minimum Gasteiger partial charge on any atom is -0.291 e. The molecule has 0 fully saturated rings. The van der Waals surface area contributed by atoms with Crippen LogP contribution in [0.1, 0.15) is 0 Å². The van der Waals surface area contributed by atoms with Gasteiger partial charge in [0, 0.05) is 30.4 Å². The summed E-state index contributed by atoms with van der Waals surface area (Å²) in [5.41, 5.74) is 5.06. The normalized spacial score (nSPS) is 9.73. The Balaban J connectivity index is 1.83. The molecule has 3 aromatic rings. The topological polar surface area (TPSA) is 102 Å². The predicted molar refractivity (Wildman–Crippen MR) is 80.7 cm³/mol. The molecule has 0 atom stereocenters. The Morgan fingerprint density at radius 3 is 2.59 bits per heavy atom. The minimum atomic E-state index is -0.223. The molecule has 0 saturated carbocycles. The van der Waals surface area contributed by atoms with E-state index in [4.69, 9.17) is 10.5 Å². The molecule has 7 heteroatoms. The van der Waals surface area contributed by atoms with Crippen LogP contribution in [-0.4, -0.2) is 20.1 Å². The van der Waals surface area contributed by atoms with Gasteiger partial charge in [0.25, 0.3) is 0 Å². The van der Waals surface area contributed by atoms with Crippen molar-refractivity contribution >= 4 is 17.2 Å². The third-order valence-electron chi connectivity index (χ3n) is 2.97. The van der Waals surface area contributed by atoms with Gasteiger partial charge in [-0.05, 0) is 17.7 Å². The summed E-state index contributed by atoms with van der Waals surface area (Å²) >= 11 is 0. The van der Waals surface area contributed by atoms with Gasteiger partial charge in [-0.25, -0.2) is 9.97 Å². The number of benzene rings is 1. The van der Waals surface area contributed by atoms with E-state index in [1.165, 1.54) is 0 Å². The molecule has 22 heavy (non-hydrogen) atoms. The molecule has 7 nitrogen and oxygen atoms in total. The summed E-state index contributed by atoms with van der Waals surface area (Å²) in [6.07, 6.45) is 7.23. The summed E-state index contributed by atoms with van der Waals surface area (Å²) in [4.78, 5) is 8.36. The Morgan fingerprint density at radius 2 is 1.86 bits per heavy atom. The van der Waals surface area contributed by atoms with Crippen molar-refractivity contribution in [1.29, 1.82) is 10.5 Å². The van der Waals surface area contributed by atoms with Crippen LogP contribution in [0.15, 0.2) is 54.2 Å². The van der Waals surface area contributed by atoms with Crippen LogP contribution in [0.2, 0.25) is 0 Å². The number of imidazole rings is 1. The van der Waals surface area contributed by atoms with Gasteiger partial charge in [0.2, 0.25) is 11.5 Å². The zero-order valence-electron chi connectivity index (χ0n) is 11.3. The van der Waals surface area contributed by atoms with Crippen LogP contribution in [-0.2, 0) is 0 Å². The summed E-state index contributed by atoms with van der Waals surface area (Å²) in [5.74, 6) is 0.650. The van der Waals surface area contributed by atoms with Gasteiger partial charge in [0.1, 0.15) is 12.1 Å². The molecule has 0 spiro atoms. The second-order valence-electron chi connectivity index (χ2n) is 4.35. The Hall–Kier alpha value is -3.71. The van der Waals surface area contributed by atoms with Crippen LogP contribution in [0.25, 0.3) is 16.9 Å². The van der Waals surface area contributed by atoms with Crippen molar-refractivity contribution in [2.45, 2.75) is 0 Å². The van der Waals surface area contributed by atoms with Crippen molar-refractivity contribution in [1.82, 2.24) is 14.4 Å². The van der Waals surface area contributed by atoms with Gasteiger partial charge >= 0.3 is 0 Å². The lowest BCUT2D eigenvalue weighted by Gasteiger charge is -2.04. The van der Waals surface area contributed by atoms with Crippen molar-refractivity contribution in [3.63, 3.8) is 0 Å². The van der Waals surface area contributed by atoms with Crippen LogP contribution in [0.5, 0.6) is 0 Å². The smallest absolute Gasteiger partial charge is 0.237 e. The lowest BCUT2D eigenvalue weighted by Crippen LogP contribution is -1.96. The summed E-state index contributed by atoms with van der Waals surface area (Å²) < 4.78 is 1.85. The summed E-state index contributed by atoms with van der Waals surface area (Å²) in [6, 6.07) is 10.8. The number of nitriles is 2. The van der Waals surface area contributed by atoms with E-state index < -0.39 is 0 Å². The molecule has 3 rings (SSSR count). The van der Waals surface area contributed by atoms with E-state index in [0.717, 1.165) is 11.1 Å². The number of hydrogen-bond donors (Lipinski definition) is 1. The van der Waals surface area contributed by atoms with Gasteiger partial charge in [-0.15, -0.1) is 0 Å². The Labute approximate surface area is 125 Å². The average molecular weight is 287 g/mol. The maximum atomic E-state index is 8.61. The van der Waals surface area contributed by atoms with E-state index in [1.807, 2.05) is 41.1 Å². The second-order valence-corrected chi connectivity index (χ2v) is 4.35. The first-order valence-electron chi connectivity index (χ1n) is 6.33. The molecule has 0 bridgehead atoms. The van der Waals surface area contributed by atoms with Crippen molar-refractivity contribution in [2.75, 3.05) is 5.43 Å².